The molecule has 31 heavy (non-hydrogen) atoms. The van der Waals surface area contributed by atoms with Crippen LogP contribution >= 0.6 is 22.9 Å². The number of aryl methyl sites for hydroxylation is 1. The molecule has 0 bridgehead atoms. The van der Waals surface area contributed by atoms with Gasteiger partial charge < -0.3 is 10.6 Å². The molecule has 1 aliphatic carbocycles. The molecular formula is C21H27ClN4O3S2. The van der Waals surface area contributed by atoms with Crippen LogP contribution in [0.5, 0.6) is 0 Å². The van der Waals surface area contributed by atoms with Crippen molar-refractivity contribution in [1.29, 1.82) is 0 Å². The first-order chi connectivity index (χ1) is 14.8. The van der Waals surface area contributed by atoms with Crippen LogP contribution in [0, 0.1) is 12.8 Å². The molecule has 1 saturated heterocycles. The number of amides is 1. The molecule has 2 aliphatic rings. The third kappa shape index (κ3) is 5.46. The van der Waals surface area contributed by atoms with E-state index in [9.17, 15) is 13.2 Å². The molecule has 10 heteroatoms. The van der Waals surface area contributed by atoms with Gasteiger partial charge >= 0.3 is 0 Å². The summed E-state index contributed by atoms with van der Waals surface area (Å²) in [6, 6.07) is 4.81. The van der Waals surface area contributed by atoms with Crippen molar-refractivity contribution < 1.29 is 13.2 Å². The van der Waals surface area contributed by atoms with Crippen LogP contribution in [-0.4, -0.2) is 38.4 Å². The Balaban J connectivity index is 1.53. The summed E-state index contributed by atoms with van der Waals surface area (Å²) in [7, 11) is -3.75. The quantitative estimate of drug-likeness (QED) is 0.555. The second kappa shape index (κ2) is 9.54. The van der Waals surface area contributed by atoms with E-state index in [4.69, 9.17) is 11.6 Å². The van der Waals surface area contributed by atoms with E-state index in [1.807, 2.05) is 6.92 Å². The molecule has 1 atom stereocenters. The first-order valence-corrected chi connectivity index (χ1v) is 13.3. The van der Waals surface area contributed by atoms with E-state index in [0.29, 0.717) is 29.6 Å². The van der Waals surface area contributed by atoms with Gasteiger partial charge in [0.15, 0.2) is 5.13 Å². The largest absolute Gasteiger partial charge is 0.315 e. The summed E-state index contributed by atoms with van der Waals surface area (Å²) in [6.45, 7) is 3.24. The summed E-state index contributed by atoms with van der Waals surface area (Å²) in [5, 5.41) is 6.76. The second-order valence-corrected chi connectivity index (χ2v) is 11.4. The lowest BCUT2D eigenvalue weighted by Crippen LogP contribution is -2.36. The van der Waals surface area contributed by atoms with E-state index >= 15 is 0 Å². The minimum atomic E-state index is -3.75. The van der Waals surface area contributed by atoms with Crippen molar-refractivity contribution >= 4 is 44.0 Å². The SMILES string of the molecule is Cc1nc(NC(=O)CC2CCCC2)sc1-c1ccc(Cl)c(S(=O)(=O)N[C@@H]2CCNC2)c1. The molecule has 4 rings (SSSR count). The van der Waals surface area contributed by atoms with Crippen molar-refractivity contribution in [3.05, 3.63) is 28.9 Å². The van der Waals surface area contributed by atoms with Crippen LogP contribution in [0.3, 0.4) is 0 Å². The lowest BCUT2D eigenvalue weighted by Gasteiger charge is -2.14. The Hall–Kier alpha value is -1.52. The molecule has 1 amide bonds. The Morgan fingerprint density at radius 1 is 1.29 bits per heavy atom. The van der Waals surface area contributed by atoms with Crippen molar-refractivity contribution in [2.24, 2.45) is 5.92 Å². The van der Waals surface area contributed by atoms with Crippen molar-refractivity contribution in [2.75, 3.05) is 18.4 Å². The maximum atomic E-state index is 12.9. The minimum Gasteiger partial charge on any atom is -0.315 e. The standard InChI is InChI=1S/C21H27ClN4O3S2/c1-13-20(30-21(24-13)25-19(27)10-14-4-2-3-5-14)15-6-7-17(22)18(11-15)31(28,29)26-16-8-9-23-12-16/h6-7,11,14,16,23,26H,2-5,8-10,12H2,1H3,(H,24,25,27)/t16-/m1/s1. The number of benzene rings is 1. The Labute approximate surface area is 192 Å². The number of aromatic nitrogens is 1. The number of nitrogens with one attached hydrogen (secondary N) is 3. The average Bonchev–Trinajstić information content (AvgIpc) is 3.45. The first kappa shape index (κ1) is 22.7. The normalized spacial score (nSPS) is 19.7. The number of nitrogens with zero attached hydrogens (tertiary/aromatic N) is 1. The van der Waals surface area contributed by atoms with Gasteiger partial charge in [0.05, 0.1) is 15.6 Å². The third-order valence-corrected chi connectivity index (χ3v) is 8.98. The maximum Gasteiger partial charge on any atom is 0.242 e. The van der Waals surface area contributed by atoms with Crippen LogP contribution < -0.4 is 15.4 Å². The topological polar surface area (TPSA) is 100 Å². The van der Waals surface area contributed by atoms with E-state index in [0.717, 1.165) is 36.4 Å². The van der Waals surface area contributed by atoms with Gasteiger partial charge in [-0.3, -0.25) is 4.79 Å². The summed E-state index contributed by atoms with van der Waals surface area (Å²) in [6.07, 6.45) is 5.90. The van der Waals surface area contributed by atoms with Gasteiger partial charge in [0.2, 0.25) is 15.9 Å². The molecule has 1 aromatic heterocycles. The second-order valence-electron chi connectivity index (χ2n) is 8.29. The lowest BCUT2D eigenvalue weighted by molar-refractivity contribution is -0.117. The zero-order valence-electron chi connectivity index (χ0n) is 17.4. The molecule has 168 valence electrons. The van der Waals surface area contributed by atoms with Crippen LogP contribution in [0.1, 0.15) is 44.2 Å². The zero-order chi connectivity index (χ0) is 22.0. The number of anilines is 1. The highest BCUT2D eigenvalue weighted by Crippen LogP contribution is 2.36. The van der Waals surface area contributed by atoms with Gasteiger partial charge in [-0.1, -0.05) is 41.8 Å². The van der Waals surface area contributed by atoms with Crippen LogP contribution in [0.15, 0.2) is 23.1 Å². The molecule has 0 unspecified atom stereocenters. The highest BCUT2D eigenvalue weighted by Gasteiger charge is 2.26. The number of hydrogen-bond acceptors (Lipinski definition) is 6. The predicted molar refractivity (Wildman–Crippen MR) is 124 cm³/mol. The number of carbonyl (C=O) groups is 1. The van der Waals surface area contributed by atoms with Gasteiger partial charge in [-0.15, -0.1) is 0 Å². The van der Waals surface area contributed by atoms with Crippen molar-refractivity contribution in [3.8, 4) is 10.4 Å². The zero-order valence-corrected chi connectivity index (χ0v) is 19.8. The lowest BCUT2D eigenvalue weighted by atomic mass is 10.0. The molecule has 2 aromatic rings. The molecule has 2 heterocycles. The third-order valence-electron chi connectivity index (χ3n) is 5.86. The number of sulfonamides is 1. The smallest absolute Gasteiger partial charge is 0.242 e. The Bertz CT molecular complexity index is 1060. The predicted octanol–water partition coefficient (Wildman–Crippen LogP) is 3.93. The van der Waals surface area contributed by atoms with Gasteiger partial charge in [-0.2, -0.15) is 0 Å². The molecule has 0 radical (unpaired) electrons. The number of thiazole rings is 1. The van der Waals surface area contributed by atoms with Gasteiger partial charge in [-0.05, 0) is 56.3 Å². The van der Waals surface area contributed by atoms with Crippen LogP contribution in [0.2, 0.25) is 5.02 Å². The van der Waals surface area contributed by atoms with Gasteiger partial charge in [0.1, 0.15) is 4.90 Å². The van der Waals surface area contributed by atoms with Crippen LogP contribution in [0.25, 0.3) is 10.4 Å². The molecule has 1 aromatic carbocycles. The highest BCUT2D eigenvalue weighted by molar-refractivity contribution is 7.89. The van der Waals surface area contributed by atoms with Crippen molar-refractivity contribution in [2.45, 2.75) is 56.4 Å². The molecule has 3 N–H and O–H groups in total. The molecule has 1 saturated carbocycles. The Kier molecular flexibility index (Phi) is 6.98. The highest BCUT2D eigenvalue weighted by atomic mass is 35.5. The average molecular weight is 483 g/mol. The fourth-order valence-corrected chi connectivity index (χ4v) is 7.03. The van der Waals surface area contributed by atoms with Gasteiger partial charge in [0, 0.05) is 19.0 Å². The summed E-state index contributed by atoms with van der Waals surface area (Å²) in [5.74, 6) is 0.452. The number of rotatable bonds is 7. The van der Waals surface area contributed by atoms with E-state index in [1.165, 1.54) is 24.2 Å². The van der Waals surface area contributed by atoms with Crippen LogP contribution in [-0.2, 0) is 14.8 Å². The minimum absolute atomic E-state index is 0.0130. The summed E-state index contributed by atoms with van der Waals surface area (Å²) in [5.41, 5.74) is 1.44. The molecule has 7 nitrogen and oxygen atoms in total. The van der Waals surface area contributed by atoms with Gasteiger partial charge in [0.25, 0.3) is 0 Å². The monoisotopic (exact) mass is 482 g/mol. The first-order valence-electron chi connectivity index (χ1n) is 10.6. The van der Waals surface area contributed by atoms with E-state index in [2.05, 4.69) is 20.3 Å². The molecular weight excluding hydrogens is 456 g/mol. The molecule has 2 fully saturated rings. The van der Waals surface area contributed by atoms with E-state index < -0.39 is 10.0 Å². The summed E-state index contributed by atoms with van der Waals surface area (Å²) < 4.78 is 28.5. The number of carbonyl (C=O) groups excluding carboxylic acids is 1. The summed E-state index contributed by atoms with van der Waals surface area (Å²) >= 11 is 7.59. The summed E-state index contributed by atoms with van der Waals surface area (Å²) in [4.78, 5) is 17.7. The van der Waals surface area contributed by atoms with E-state index in [1.54, 1.807) is 18.2 Å². The van der Waals surface area contributed by atoms with Crippen LogP contribution in [0.4, 0.5) is 5.13 Å². The van der Waals surface area contributed by atoms with Gasteiger partial charge in [-0.25, -0.2) is 18.1 Å². The van der Waals surface area contributed by atoms with Crippen molar-refractivity contribution in [1.82, 2.24) is 15.0 Å². The van der Waals surface area contributed by atoms with E-state index in [-0.39, 0.29) is 21.9 Å². The fraction of sp³-hybridized carbons (Fsp3) is 0.524. The van der Waals surface area contributed by atoms with Crippen molar-refractivity contribution in [3.63, 3.8) is 0 Å². The number of hydrogen-bond donors (Lipinski definition) is 3. The molecule has 1 aliphatic heterocycles. The number of halogens is 1. The maximum absolute atomic E-state index is 12.9. The Morgan fingerprint density at radius 3 is 2.77 bits per heavy atom. The fourth-order valence-electron chi connectivity index (χ4n) is 4.25. The molecule has 0 spiro atoms. The Morgan fingerprint density at radius 2 is 2.06 bits per heavy atom.